The SMILES string of the molecule is O.c1cc[c]([Ge]([c]2ccccc2)[c]2ccccc2)cc1. The fourth-order valence-electron chi connectivity index (χ4n) is 2.31. The third-order valence-corrected chi connectivity index (χ3v) is 8.92. The summed E-state index contributed by atoms with van der Waals surface area (Å²) >= 11 is -1.63. The minimum atomic E-state index is -1.63. The van der Waals surface area contributed by atoms with Crippen LogP contribution in [0.15, 0.2) is 91.0 Å². The van der Waals surface area contributed by atoms with E-state index in [-0.39, 0.29) is 5.48 Å². The molecular weight excluding hydrogens is 305 g/mol. The molecule has 0 aliphatic carbocycles. The molecule has 0 amide bonds. The molecule has 0 saturated carbocycles. The molecule has 0 unspecified atom stereocenters. The van der Waals surface area contributed by atoms with E-state index in [0.29, 0.717) is 0 Å². The van der Waals surface area contributed by atoms with Crippen LogP contribution in [0.4, 0.5) is 0 Å². The van der Waals surface area contributed by atoms with E-state index in [1.54, 1.807) is 0 Å². The van der Waals surface area contributed by atoms with Crippen LogP contribution < -0.4 is 13.2 Å². The Morgan fingerprint density at radius 1 is 0.400 bits per heavy atom. The first-order chi connectivity index (χ1) is 9.45. The Bertz CT molecular complexity index is 529. The molecular formula is C18H17GeO. The molecule has 0 saturated heterocycles. The molecule has 1 radical (unpaired) electrons. The van der Waals surface area contributed by atoms with E-state index in [9.17, 15) is 0 Å². The van der Waals surface area contributed by atoms with Crippen LogP contribution in [-0.4, -0.2) is 19.8 Å². The van der Waals surface area contributed by atoms with Crippen molar-refractivity contribution < 1.29 is 5.48 Å². The Morgan fingerprint density at radius 3 is 0.900 bits per heavy atom. The fourth-order valence-corrected chi connectivity index (χ4v) is 7.72. The van der Waals surface area contributed by atoms with Crippen LogP contribution >= 0.6 is 0 Å². The zero-order valence-electron chi connectivity index (χ0n) is 11.2. The molecule has 0 aliphatic rings. The minimum absolute atomic E-state index is 0. The van der Waals surface area contributed by atoms with Gasteiger partial charge in [-0.15, -0.1) is 0 Å². The summed E-state index contributed by atoms with van der Waals surface area (Å²) in [5, 5.41) is 0. The molecule has 2 N–H and O–H groups in total. The molecule has 3 aromatic rings. The van der Waals surface area contributed by atoms with Crippen LogP contribution in [-0.2, 0) is 0 Å². The van der Waals surface area contributed by atoms with Crippen molar-refractivity contribution in [2.24, 2.45) is 0 Å². The normalized spacial score (nSPS) is 10.1. The van der Waals surface area contributed by atoms with E-state index >= 15 is 0 Å². The molecule has 3 aromatic carbocycles. The van der Waals surface area contributed by atoms with E-state index in [2.05, 4.69) is 91.0 Å². The Balaban J connectivity index is 0.00000147. The van der Waals surface area contributed by atoms with Gasteiger partial charge in [0.1, 0.15) is 0 Å². The van der Waals surface area contributed by atoms with Gasteiger partial charge in [-0.1, -0.05) is 0 Å². The first-order valence-corrected chi connectivity index (χ1v) is 9.63. The van der Waals surface area contributed by atoms with Crippen molar-refractivity contribution in [3.8, 4) is 0 Å². The molecule has 0 heterocycles. The zero-order chi connectivity index (χ0) is 12.9. The first-order valence-electron chi connectivity index (χ1n) is 6.48. The van der Waals surface area contributed by atoms with Crippen molar-refractivity contribution in [1.29, 1.82) is 0 Å². The monoisotopic (exact) mass is 323 g/mol. The van der Waals surface area contributed by atoms with Crippen molar-refractivity contribution in [2.45, 2.75) is 0 Å². The second kappa shape index (κ2) is 7.08. The predicted molar refractivity (Wildman–Crippen MR) is 87.6 cm³/mol. The van der Waals surface area contributed by atoms with Gasteiger partial charge in [-0.2, -0.15) is 0 Å². The van der Waals surface area contributed by atoms with Crippen LogP contribution in [0.25, 0.3) is 0 Å². The Labute approximate surface area is 124 Å². The predicted octanol–water partition coefficient (Wildman–Crippen LogP) is 1.38. The van der Waals surface area contributed by atoms with Gasteiger partial charge in [-0.05, 0) is 0 Å². The summed E-state index contributed by atoms with van der Waals surface area (Å²) in [6, 6.07) is 32.8. The molecule has 3 rings (SSSR count). The van der Waals surface area contributed by atoms with Crippen molar-refractivity contribution in [2.75, 3.05) is 0 Å². The molecule has 0 atom stereocenters. The van der Waals surface area contributed by atoms with Crippen molar-refractivity contribution in [3.63, 3.8) is 0 Å². The Morgan fingerprint density at radius 2 is 0.650 bits per heavy atom. The van der Waals surface area contributed by atoms with Gasteiger partial charge >= 0.3 is 119 Å². The van der Waals surface area contributed by atoms with Crippen molar-refractivity contribution in [1.82, 2.24) is 0 Å². The van der Waals surface area contributed by atoms with Gasteiger partial charge in [0.15, 0.2) is 0 Å². The molecule has 0 aromatic heterocycles. The number of hydrogen-bond acceptors (Lipinski definition) is 0. The molecule has 0 bridgehead atoms. The van der Waals surface area contributed by atoms with Crippen LogP contribution in [0.3, 0.4) is 0 Å². The molecule has 2 heteroatoms. The molecule has 99 valence electrons. The maximum absolute atomic E-state index is 2.27. The summed E-state index contributed by atoms with van der Waals surface area (Å²) in [5.74, 6) is 0. The maximum atomic E-state index is 2.27. The quantitative estimate of drug-likeness (QED) is 0.653. The zero-order valence-corrected chi connectivity index (χ0v) is 13.3. The number of benzene rings is 3. The van der Waals surface area contributed by atoms with Gasteiger partial charge in [-0.25, -0.2) is 0 Å². The summed E-state index contributed by atoms with van der Waals surface area (Å²) in [6.45, 7) is 0. The Kier molecular flexibility index (Phi) is 5.16. The summed E-state index contributed by atoms with van der Waals surface area (Å²) in [6.07, 6.45) is 0. The third kappa shape index (κ3) is 3.18. The average Bonchev–Trinajstić information content (AvgIpc) is 2.51. The van der Waals surface area contributed by atoms with E-state index in [0.717, 1.165) is 0 Å². The second-order valence-electron chi connectivity index (χ2n) is 4.47. The van der Waals surface area contributed by atoms with Gasteiger partial charge in [0, 0.05) is 0 Å². The van der Waals surface area contributed by atoms with Crippen LogP contribution in [0.2, 0.25) is 0 Å². The summed E-state index contributed by atoms with van der Waals surface area (Å²) in [5.41, 5.74) is 0. The van der Waals surface area contributed by atoms with E-state index in [4.69, 9.17) is 0 Å². The van der Waals surface area contributed by atoms with E-state index in [1.165, 1.54) is 13.2 Å². The first kappa shape index (κ1) is 14.6. The average molecular weight is 322 g/mol. The van der Waals surface area contributed by atoms with Gasteiger partial charge in [0.05, 0.1) is 0 Å². The summed E-state index contributed by atoms with van der Waals surface area (Å²) < 4.78 is 4.50. The van der Waals surface area contributed by atoms with Gasteiger partial charge in [0.25, 0.3) is 0 Å². The standard InChI is InChI=1S/C18H15Ge.H2O/c1-4-10-16(11-5-1)19(17-12-6-2-7-13-17)18-14-8-3-9-15-18;/h1-15H;1H2. The third-order valence-electron chi connectivity index (χ3n) is 3.19. The fraction of sp³-hybridized carbons (Fsp3) is 0. The van der Waals surface area contributed by atoms with E-state index < -0.39 is 14.3 Å². The topological polar surface area (TPSA) is 31.5 Å². The molecule has 1 nitrogen and oxygen atoms in total. The molecule has 0 aliphatic heterocycles. The summed E-state index contributed by atoms with van der Waals surface area (Å²) in [4.78, 5) is 0. The van der Waals surface area contributed by atoms with Crippen LogP contribution in [0.5, 0.6) is 0 Å². The number of rotatable bonds is 3. The number of hydrogen-bond donors (Lipinski definition) is 0. The Hall–Kier alpha value is -1.84. The second-order valence-corrected chi connectivity index (χ2v) is 9.68. The summed E-state index contributed by atoms with van der Waals surface area (Å²) in [7, 11) is 0. The molecule has 0 spiro atoms. The van der Waals surface area contributed by atoms with Crippen molar-refractivity contribution >= 4 is 27.5 Å². The molecule has 20 heavy (non-hydrogen) atoms. The van der Waals surface area contributed by atoms with E-state index in [1.807, 2.05) is 0 Å². The van der Waals surface area contributed by atoms with Gasteiger partial charge in [0.2, 0.25) is 0 Å². The van der Waals surface area contributed by atoms with Gasteiger partial charge < -0.3 is 5.48 Å². The van der Waals surface area contributed by atoms with Crippen LogP contribution in [0.1, 0.15) is 0 Å². The van der Waals surface area contributed by atoms with Crippen molar-refractivity contribution in [3.05, 3.63) is 91.0 Å². The van der Waals surface area contributed by atoms with Gasteiger partial charge in [-0.3, -0.25) is 0 Å². The van der Waals surface area contributed by atoms with Crippen LogP contribution in [0, 0.1) is 0 Å². The molecule has 0 fully saturated rings.